The number of hydrogen-bond acceptors (Lipinski definition) is 2. The molecular weight excluding hydrogens is 260 g/mol. The van der Waals surface area contributed by atoms with E-state index in [2.05, 4.69) is 32.9 Å². The Morgan fingerprint density at radius 1 is 0.857 bits per heavy atom. The van der Waals surface area contributed by atoms with Gasteiger partial charge in [0.1, 0.15) is 12.2 Å². The second kappa shape index (κ2) is 6.42. The Bertz CT molecular complexity index is 552. The van der Waals surface area contributed by atoms with Crippen LogP contribution < -0.4 is 0 Å². The largest absolute Gasteiger partial charge is 0.385 e. The van der Waals surface area contributed by atoms with E-state index in [1.165, 1.54) is 5.56 Å². The molecular formula is C19H24O2. The molecule has 0 heterocycles. The van der Waals surface area contributed by atoms with Crippen LogP contribution in [0.2, 0.25) is 0 Å². The average molecular weight is 284 g/mol. The van der Waals surface area contributed by atoms with Crippen molar-refractivity contribution in [1.82, 2.24) is 0 Å². The minimum atomic E-state index is -0.675. The lowest BCUT2D eigenvalue weighted by molar-refractivity contribution is -0.0149. The molecule has 0 saturated carbocycles. The first-order valence-electron chi connectivity index (χ1n) is 7.29. The predicted octanol–water partition coefficient (Wildman–Crippen LogP) is 4.41. The third-order valence-electron chi connectivity index (χ3n) is 3.79. The van der Waals surface area contributed by atoms with Crippen molar-refractivity contribution < 1.29 is 9.84 Å². The van der Waals surface area contributed by atoms with Crippen molar-refractivity contribution >= 4 is 0 Å². The van der Waals surface area contributed by atoms with Crippen LogP contribution in [-0.2, 0) is 10.2 Å². The van der Waals surface area contributed by atoms with Crippen LogP contribution in [0.25, 0.3) is 0 Å². The van der Waals surface area contributed by atoms with Crippen LogP contribution in [0.4, 0.5) is 0 Å². The molecule has 112 valence electrons. The van der Waals surface area contributed by atoms with Gasteiger partial charge in [-0.3, -0.25) is 0 Å². The Morgan fingerprint density at radius 3 is 1.90 bits per heavy atom. The highest BCUT2D eigenvalue weighted by Crippen LogP contribution is 2.32. The van der Waals surface area contributed by atoms with Crippen LogP contribution in [0, 0.1) is 0 Å². The van der Waals surface area contributed by atoms with Gasteiger partial charge in [-0.05, 0) is 22.1 Å². The van der Waals surface area contributed by atoms with E-state index in [0.717, 1.165) is 11.1 Å². The van der Waals surface area contributed by atoms with E-state index >= 15 is 0 Å². The predicted molar refractivity (Wildman–Crippen MR) is 86.3 cm³/mol. The molecule has 0 amide bonds. The lowest BCUT2D eigenvalue weighted by Crippen LogP contribution is -2.14. The summed E-state index contributed by atoms with van der Waals surface area (Å²) in [7, 11) is 1.63. The van der Waals surface area contributed by atoms with Gasteiger partial charge in [-0.25, -0.2) is 0 Å². The molecule has 0 aliphatic heterocycles. The molecule has 0 radical (unpaired) electrons. The monoisotopic (exact) mass is 284 g/mol. The molecule has 2 aromatic carbocycles. The third kappa shape index (κ3) is 3.72. The van der Waals surface area contributed by atoms with E-state index in [1.54, 1.807) is 7.11 Å². The summed E-state index contributed by atoms with van der Waals surface area (Å²) in [5.41, 5.74) is 3.22. The Balaban J connectivity index is 2.24. The van der Waals surface area contributed by atoms with Gasteiger partial charge in [-0.1, -0.05) is 75.4 Å². The van der Waals surface area contributed by atoms with Crippen LogP contribution in [0.3, 0.4) is 0 Å². The van der Waals surface area contributed by atoms with Gasteiger partial charge in [0.15, 0.2) is 0 Å². The summed E-state index contributed by atoms with van der Waals surface area (Å²) in [5, 5.41) is 10.6. The Kier molecular flexibility index (Phi) is 4.81. The SMILES string of the molecule is COC(c1ccccc1)C(O)c1ccc(C(C)(C)C)cc1. The van der Waals surface area contributed by atoms with Crippen molar-refractivity contribution in [2.75, 3.05) is 7.11 Å². The van der Waals surface area contributed by atoms with E-state index in [-0.39, 0.29) is 11.5 Å². The Hall–Kier alpha value is -1.64. The van der Waals surface area contributed by atoms with Gasteiger partial charge in [0.2, 0.25) is 0 Å². The normalized spacial score (nSPS) is 14.7. The minimum absolute atomic E-state index is 0.115. The van der Waals surface area contributed by atoms with Crippen LogP contribution in [0.1, 0.15) is 49.7 Å². The fraction of sp³-hybridized carbons (Fsp3) is 0.368. The van der Waals surface area contributed by atoms with Gasteiger partial charge in [-0.2, -0.15) is 0 Å². The maximum absolute atomic E-state index is 10.6. The van der Waals surface area contributed by atoms with Crippen molar-refractivity contribution in [2.24, 2.45) is 0 Å². The molecule has 0 saturated heterocycles. The lowest BCUT2D eigenvalue weighted by atomic mass is 9.86. The highest BCUT2D eigenvalue weighted by Gasteiger charge is 2.23. The summed E-state index contributed by atoms with van der Waals surface area (Å²) in [6, 6.07) is 17.9. The number of hydrogen-bond donors (Lipinski definition) is 1. The first kappa shape index (κ1) is 15.7. The minimum Gasteiger partial charge on any atom is -0.385 e. The van der Waals surface area contributed by atoms with Gasteiger partial charge in [0, 0.05) is 7.11 Å². The van der Waals surface area contributed by atoms with Crippen LogP contribution in [-0.4, -0.2) is 12.2 Å². The Labute approximate surface area is 127 Å². The fourth-order valence-corrected chi connectivity index (χ4v) is 2.45. The number of aliphatic hydroxyl groups is 1. The van der Waals surface area contributed by atoms with Crippen LogP contribution in [0.5, 0.6) is 0 Å². The van der Waals surface area contributed by atoms with Gasteiger partial charge in [-0.15, -0.1) is 0 Å². The molecule has 0 bridgehead atoms. The van der Waals surface area contributed by atoms with Crippen molar-refractivity contribution in [3.63, 3.8) is 0 Å². The molecule has 0 aromatic heterocycles. The number of benzene rings is 2. The number of methoxy groups -OCH3 is 1. The van der Waals surface area contributed by atoms with Gasteiger partial charge in [0.25, 0.3) is 0 Å². The number of aliphatic hydroxyl groups excluding tert-OH is 1. The molecule has 2 aromatic rings. The molecule has 0 aliphatic rings. The molecule has 2 rings (SSSR count). The summed E-state index contributed by atoms with van der Waals surface area (Å²) < 4.78 is 5.50. The first-order valence-corrected chi connectivity index (χ1v) is 7.29. The van der Waals surface area contributed by atoms with Crippen molar-refractivity contribution in [1.29, 1.82) is 0 Å². The van der Waals surface area contributed by atoms with Crippen LogP contribution >= 0.6 is 0 Å². The first-order chi connectivity index (χ1) is 9.93. The summed E-state index contributed by atoms with van der Waals surface area (Å²) in [6.45, 7) is 6.54. The molecule has 21 heavy (non-hydrogen) atoms. The zero-order valence-electron chi connectivity index (χ0n) is 13.2. The van der Waals surface area contributed by atoms with E-state index in [9.17, 15) is 5.11 Å². The van der Waals surface area contributed by atoms with Crippen molar-refractivity contribution in [3.8, 4) is 0 Å². The maximum Gasteiger partial charge on any atom is 0.112 e. The summed E-state index contributed by atoms with van der Waals surface area (Å²) in [6.07, 6.45) is -1.03. The molecule has 0 spiro atoms. The third-order valence-corrected chi connectivity index (χ3v) is 3.79. The highest BCUT2D eigenvalue weighted by atomic mass is 16.5. The van der Waals surface area contributed by atoms with E-state index in [1.807, 2.05) is 42.5 Å². The van der Waals surface area contributed by atoms with Crippen LogP contribution in [0.15, 0.2) is 54.6 Å². The second-order valence-electron chi connectivity index (χ2n) is 6.38. The van der Waals surface area contributed by atoms with E-state index < -0.39 is 6.10 Å². The fourth-order valence-electron chi connectivity index (χ4n) is 2.45. The maximum atomic E-state index is 10.6. The lowest BCUT2D eigenvalue weighted by Gasteiger charge is -2.24. The quantitative estimate of drug-likeness (QED) is 0.901. The standard InChI is InChI=1S/C19H24O2/c1-19(2,3)16-12-10-14(11-13-16)17(20)18(21-4)15-8-6-5-7-9-15/h5-13,17-18,20H,1-4H3. The Morgan fingerprint density at radius 2 is 1.43 bits per heavy atom. The van der Waals surface area contributed by atoms with Gasteiger partial charge >= 0.3 is 0 Å². The van der Waals surface area contributed by atoms with E-state index in [4.69, 9.17) is 4.74 Å². The molecule has 2 unspecified atom stereocenters. The van der Waals surface area contributed by atoms with Gasteiger partial charge in [0.05, 0.1) is 0 Å². The molecule has 1 N–H and O–H groups in total. The smallest absolute Gasteiger partial charge is 0.112 e. The summed E-state index contributed by atoms with van der Waals surface area (Å²) in [5.74, 6) is 0. The number of rotatable bonds is 4. The van der Waals surface area contributed by atoms with E-state index in [0.29, 0.717) is 0 Å². The summed E-state index contributed by atoms with van der Waals surface area (Å²) in [4.78, 5) is 0. The van der Waals surface area contributed by atoms with Crippen molar-refractivity contribution in [3.05, 3.63) is 71.3 Å². The zero-order valence-corrected chi connectivity index (χ0v) is 13.2. The van der Waals surface area contributed by atoms with Gasteiger partial charge < -0.3 is 9.84 Å². The molecule has 2 atom stereocenters. The zero-order chi connectivity index (χ0) is 15.5. The molecule has 0 aliphatic carbocycles. The molecule has 2 heteroatoms. The topological polar surface area (TPSA) is 29.5 Å². The molecule has 0 fully saturated rings. The summed E-state index contributed by atoms with van der Waals surface area (Å²) >= 11 is 0. The van der Waals surface area contributed by atoms with Crippen molar-refractivity contribution in [2.45, 2.75) is 38.4 Å². The average Bonchev–Trinajstić information content (AvgIpc) is 2.48. The second-order valence-corrected chi connectivity index (χ2v) is 6.38. The number of ether oxygens (including phenoxy) is 1. The molecule has 2 nitrogen and oxygen atoms in total. The highest BCUT2D eigenvalue weighted by molar-refractivity contribution is 5.30.